The number of aromatic amines is 1. The number of aryl methyl sites for hydroxylation is 4. The highest BCUT2D eigenvalue weighted by molar-refractivity contribution is 7.98. The number of ether oxygens (including phenoxy) is 3. The van der Waals surface area contributed by atoms with Gasteiger partial charge in [0.15, 0.2) is 16.7 Å². The van der Waals surface area contributed by atoms with Crippen molar-refractivity contribution in [3.8, 4) is 17.2 Å². The van der Waals surface area contributed by atoms with Crippen molar-refractivity contribution in [1.29, 1.82) is 0 Å². The van der Waals surface area contributed by atoms with Crippen LogP contribution in [-0.4, -0.2) is 80.4 Å². The van der Waals surface area contributed by atoms with E-state index in [1.54, 1.807) is 21.3 Å². The number of rotatable bonds is 11. The fourth-order valence-electron chi connectivity index (χ4n) is 7.26. The largest absolute Gasteiger partial charge is 0.554 e. The second kappa shape index (κ2) is 16.6. The van der Waals surface area contributed by atoms with E-state index in [0.717, 1.165) is 49.2 Å². The number of aromatic nitrogens is 2. The summed E-state index contributed by atoms with van der Waals surface area (Å²) in [5.74, 6) is 2.08. The van der Waals surface area contributed by atoms with Gasteiger partial charge >= 0.3 is 0 Å². The Bertz CT molecular complexity index is 1790. The fourth-order valence-corrected chi connectivity index (χ4v) is 8.05. The molecule has 10 nitrogen and oxygen atoms in total. The molecule has 264 valence electrons. The average molecular weight is 691 g/mol. The number of carbonyl (C=O) groups excluding carboxylic acids is 1. The Morgan fingerprint density at radius 1 is 0.898 bits per heavy atom. The molecule has 3 aromatic carbocycles. The van der Waals surface area contributed by atoms with E-state index < -0.39 is 6.47 Å². The summed E-state index contributed by atoms with van der Waals surface area (Å²) >= 11 is 1.51. The topological polar surface area (TPSA) is 117 Å². The Morgan fingerprint density at radius 3 is 1.90 bits per heavy atom. The fraction of sp³-hybridized carbons (Fsp3) is 0.447. The second-order valence-electron chi connectivity index (χ2n) is 13.2. The average Bonchev–Trinajstić information content (AvgIpc) is 3.03. The number of benzene rings is 3. The van der Waals surface area contributed by atoms with Gasteiger partial charge in [-0.05, 0) is 39.7 Å². The molecule has 4 aromatic rings. The molecule has 1 fully saturated rings. The van der Waals surface area contributed by atoms with Crippen molar-refractivity contribution >= 4 is 29.1 Å². The molecule has 11 heteroatoms. The van der Waals surface area contributed by atoms with E-state index in [9.17, 15) is 4.79 Å². The van der Waals surface area contributed by atoms with E-state index in [2.05, 4.69) is 87.9 Å². The van der Waals surface area contributed by atoms with E-state index >= 15 is 0 Å². The molecule has 1 unspecified atom stereocenters. The van der Waals surface area contributed by atoms with Crippen LogP contribution in [0.25, 0.3) is 10.9 Å². The smallest absolute Gasteiger partial charge is 0.260 e. The van der Waals surface area contributed by atoms with Gasteiger partial charge in [0.25, 0.3) is 5.56 Å². The molecule has 0 aliphatic carbocycles. The molecule has 0 radical (unpaired) electrons. The van der Waals surface area contributed by atoms with Crippen LogP contribution >= 0.6 is 11.8 Å². The third-order valence-electron chi connectivity index (χ3n) is 9.17. The molecule has 2 heterocycles. The number of hydrogen-bond donors (Lipinski definition) is 1. The third kappa shape index (κ3) is 8.76. The molecule has 49 heavy (non-hydrogen) atoms. The maximum absolute atomic E-state index is 14.1. The molecule has 0 bridgehead atoms. The van der Waals surface area contributed by atoms with Gasteiger partial charge in [0, 0.05) is 42.5 Å². The zero-order valence-electron chi connectivity index (χ0n) is 30.3. The van der Waals surface area contributed by atoms with E-state index in [-0.39, 0.29) is 11.6 Å². The summed E-state index contributed by atoms with van der Waals surface area (Å²) in [6, 6.07) is 13.3. The first kappa shape index (κ1) is 37.8. The lowest BCUT2D eigenvalue weighted by atomic mass is 9.95. The van der Waals surface area contributed by atoms with Crippen molar-refractivity contribution < 1.29 is 28.6 Å². The Morgan fingerprint density at radius 2 is 1.41 bits per heavy atom. The maximum Gasteiger partial charge on any atom is 0.260 e. The molecule has 1 N–H and O–H groups in total. The molecule has 1 aromatic heterocycles. The Hall–Kier alpha value is -4.06. The molecule has 1 atom stereocenters. The summed E-state index contributed by atoms with van der Waals surface area (Å²) in [5, 5.41) is 9.29. The number of hydrogen-bond acceptors (Lipinski definition) is 9. The Labute approximate surface area is 294 Å². The van der Waals surface area contributed by atoms with E-state index in [1.807, 2.05) is 0 Å². The predicted molar refractivity (Wildman–Crippen MR) is 194 cm³/mol. The number of fused-ring (bicyclic) bond motifs is 1. The number of piperazine rings is 1. The van der Waals surface area contributed by atoms with Crippen molar-refractivity contribution in [1.82, 2.24) is 14.9 Å². The number of H-pyrrole nitrogens is 1. The molecule has 1 aliphatic rings. The Balaban J connectivity index is 0.00000174. The number of thioether (sulfide) groups is 1. The molecule has 0 spiro atoms. The van der Waals surface area contributed by atoms with Gasteiger partial charge in [-0.25, -0.2) is 4.98 Å². The first-order chi connectivity index (χ1) is 23.4. The summed E-state index contributed by atoms with van der Waals surface area (Å²) in [6.45, 7) is 15.0. The normalized spacial score (nSPS) is 14.9. The van der Waals surface area contributed by atoms with Gasteiger partial charge in [0.2, 0.25) is 5.75 Å². The lowest BCUT2D eigenvalue weighted by Crippen LogP contribution is -2.57. The van der Waals surface area contributed by atoms with E-state index in [0.29, 0.717) is 39.1 Å². The zero-order valence-corrected chi connectivity index (χ0v) is 31.1. The number of quaternary nitrogens is 1. The summed E-state index contributed by atoms with van der Waals surface area (Å²) < 4.78 is 18.8. The molecular formula is C38H50N4O6S. The van der Waals surface area contributed by atoms with Crippen molar-refractivity contribution in [2.24, 2.45) is 0 Å². The number of carboxylic acid groups (broad SMARTS) is 1. The van der Waals surface area contributed by atoms with Gasteiger partial charge in [-0.1, -0.05) is 77.3 Å². The first-order valence-corrected chi connectivity index (χ1v) is 17.6. The minimum absolute atomic E-state index is 0.0658. The van der Waals surface area contributed by atoms with E-state index in [1.165, 1.54) is 45.1 Å². The first-order valence-electron chi connectivity index (χ1n) is 16.6. The van der Waals surface area contributed by atoms with Crippen molar-refractivity contribution in [3.63, 3.8) is 0 Å². The van der Waals surface area contributed by atoms with Crippen LogP contribution in [0.4, 0.5) is 0 Å². The Kier molecular flexibility index (Phi) is 12.8. The summed E-state index contributed by atoms with van der Waals surface area (Å²) in [6.07, 6.45) is 0.796. The van der Waals surface area contributed by atoms with Crippen LogP contribution in [-0.2, 0) is 17.1 Å². The number of methoxy groups -OCH3 is 3. The maximum atomic E-state index is 14.1. The van der Waals surface area contributed by atoms with Crippen LogP contribution in [0.15, 0.2) is 46.3 Å². The summed E-state index contributed by atoms with van der Waals surface area (Å²) in [7, 11) is 7.17. The minimum Gasteiger partial charge on any atom is -0.554 e. The highest BCUT2D eigenvalue weighted by Crippen LogP contribution is 2.49. The minimum atomic E-state index is -0.500. The lowest BCUT2D eigenvalue weighted by Gasteiger charge is -2.45. The van der Waals surface area contributed by atoms with Crippen LogP contribution in [0.5, 0.6) is 17.2 Å². The SMILES string of the molecule is CCC(c1c(OC)c(OC)c(OC)c2nc(SCc3cc(C)cc(C)c3)[nH]c(=O)c12)N1CC[N+](C)(Cc2cc(C)cc(C)c2)CC1.O=C[O-]. The number of likely N-dealkylation sites (N-methyl/N-ethyl adjacent to an activating group) is 1. The lowest BCUT2D eigenvalue weighted by molar-refractivity contribution is -0.926. The number of nitrogens with zero attached hydrogens (tertiary/aromatic N) is 3. The molecule has 1 saturated heterocycles. The van der Waals surface area contributed by atoms with Crippen molar-refractivity contribution in [2.75, 3.05) is 54.6 Å². The summed E-state index contributed by atoms with van der Waals surface area (Å²) in [5.41, 5.74) is 8.72. The quantitative estimate of drug-likeness (QED) is 0.0975. The third-order valence-corrected chi connectivity index (χ3v) is 10.1. The highest BCUT2D eigenvalue weighted by Gasteiger charge is 2.36. The highest BCUT2D eigenvalue weighted by atomic mass is 32.2. The molecule has 0 saturated carbocycles. The molecular weight excluding hydrogens is 641 g/mol. The standard InChI is InChI=1S/C37H48N4O4S.CH2O2/c1-10-29(40-11-13-41(6,14-12-40)21-27-17-23(2)15-24(3)18-27)30-31-32(34(44-8)35(45-9)33(30)43-7)38-37(39-36(31)42)46-22-28-19-25(4)16-26(5)20-28;2-1-3/h15-20,29H,10-14,21-22H2,1-9H3;1H,(H,2,3). The zero-order chi connectivity index (χ0) is 35.9. The van der Waals surface area contributed by atoms with Gasteiger partial charge < -0.3 is 33.6 Å². The predicted octanol–water partition coefficient (Wildman–Crippen LogP) is 5.25. The monoisotopic (exact) mass is 690 g/mol. The van der Waals surface area contributed by atoms with Crippen LogP contribution < -0.4 is 24.9 Å². The van der Waals surface area contributed by atoms with Crippen molar-refractivity contribution in [3.05, 3.63) is 85.7 Å². The van der Waals surface area contributed by atoms with Crippen LogP contribution in [0.2, 0.25) is 0 Å². The van der Waals surface area contributed by atoms with Crippen LogP contribution in [0.3, 0.4) is 0 Å². The van der Waals surface area contributed by atoms with Crippen LogP contribution in [0, 0.1) is 27.7 Å². The van der Waals surface area contributed by atoms with Gasteiger partial charge in [-0.3, -0.25) is 9.69 Å². The summed E-state index contributed by atoms with van der Waals surface area (Å²) in [4.78, 5) is 32.9. The molecule has 0 amide bonds. The van der Waals surface area contributed by atoms with E-state index in [4.69, 9.17) is 29.1 Å². The van der Waals surface area contributed by atoms with Gasteiger partial charge in [0.1, 0.15) is 12.1 Å². The molecule has 5 rings (SSSR count). The van der Waals surface area contributed by atoms with Gasteiger partial charge in [0.05, 0.1) is 46.9 Å². The number of nitrogens with one attached hydrogen (secondary N) is 1. The van der Waals surface area contributed by atoms with Crippen molar-refractivity contribution in [2.45, 2.75) is 64.5 Å². The van der Waals surface area contributed by atoms with Gasteiger partial charge in [-0.15, -0.1) is 0 Å². The van der Waals surface area contributed by atoms with Gasteiger partial charge in [-0.2, -0.15) is 0 Å². The van der Waals surface area contributed by atoms with Crippen LogP contribution in [0.1, 0.15) is 58.3 Å². The second-order valence-corrected chi connectivity index (χ2v) is 14.1. The molecule has 1 aliphatic heterocycles. The number of carbonyl (C=O) groups is 1.